The van der Waals surface area contributed by atoms with Crippen LogP contribution in [0.2, 0.25) is 0 Å². The first-order valence-electron chi connectivity index (χ1n) is 12.5. The molecule has 0 bridgehead atoms. The van der Waals surface area contributed by atoms with Crippen LogP contribution < -0.4 is 9.64 Å². The number of H-pyrrole nitrogens is 1. The monoisotopic (exact) mass is 460 g/mol. The molecule has 0 atom stereocenters. The molecule has 0 spiro atoms. The Morgan fingerprint density at radius 3 is 2.59 bits per heavy atom. The molecule has 4 aromatic rings. The summed E-state index contributed by atoms with van der Waals surface area (Å²) in [6.07, 6.45) is 9.43. The second-order valence-electron chi connectivity index (χ2n) is 10.4. The van der Waals surface area contributed by atoms with E-state index in [1.807, 2.05) is 18.5 Å². The van der Waals surface area contributed by atoms with Gasteiger partial charge in [0.15, 0.2) is 11.4 Å². The molecular formula is C27H36N6O. The third kappa shape index (κ3) is 3.91. The number of anilines is 1. The SMILES string of the molecule is COc1cc(-c2[nH]c3cnc(N4CCC(CC(C)C)CC4)c(C)c3c2C(C)C)cn2ncnc12. The number of nitrogens with one attached hydrogen (secondary N) is 1. The number of pyridine rings is 2. The van der Waals surface area contributed by atoms with Gasteiger partial charge in [0.1, 0.15) is 12.1 Å². The van der Waals surface area contributed by atoms with Gasteiger partial charge in [-0.1, -0.05) is 27.7 Å². The Kier molecular flexibility index (Phi) is 5.96. The zero-order valence-electron chi connectivity index (χ0n) is 21.2. The molecule has 7 heteroatoms. The third-order valence-corrected chi connectivity index (χ3v) is 7.24. The lowest BCUT2D eigenvalue weighted by atomic mass is 9.88. The lowest BCUT2D eigenvalue weighted by Crippen LogP contribution is -2.35. The van der Waals surface area contributed by atoms with Gasteiger partial charge in [0, 0.05) is 35.8 Å². The van der Waals surface area contributed by atoms with E-state index < -0.39 is 0 Å². The number of piperidine rings is 1. The largest absolute Gasteiger partial charge is 0.493 e. The van der Waals surface area contributed by atoms with E-state index in [0.29, 0.717) is 11.7 Å². The van der Waals surface area contributed by atoms with Crippen molar-refractivity contribution in [3.8, 4) is 17.0 Å². The zero-order valence-corrected chi connectivity index (χ0v) is 21.2. The second kappa shape index (κ2) is 8.93. The van der Waals surface area contributed by atoms with Crippen molar-refractivity contribution in [2.24, 2.45) is 11.8 Å². The number of hydrogen-bond donors (Lipinski definition) is 1. The van der Waals surface area contributed by atoms with Crippen LogP contribution >= 0.6 is 0 Å². The average molecular weight is 461 g/mol. The third-order valence-electron chi connectivity index (χ3n) is 7.24. The molecule has 1 aliphatic rings. The molecule has 0 aromatic carbocycles. The van der Waals surface area contributed by atoms with Gasteiger partial charge in [-0.2, -0.15) is 5.10 Å². The van der Waals surface area contributed by atoms with Gasteiger partial charge in [0.25, 0.3) is 0 Å². The van der Waals surface area contributed by atoms with E-state index in [1.54, 1.807) is 18.0 Å². The molecule has 0 radical (unpaired) electrons. The minimum atomic E-state index is 0.340. The maximum atomic E-state index is 5.62. The molecule has 1 aliphatic heterocycles. The first kappa shape index (κ1) is 22.7. The van der Waals surface area contributed by atoms with Gasteiger partial charge in [-0.05, 0) is 55.6 Å². The van der Waals surface area contributed by atoms with Gasteiger partial charge in [-0.15, -0.1) is 0 Å². The van der Waals surface area contributed by atoms with Gasteiger partial charge in [0.05, 0.1) is 24.5 Å². The maximum Gasteiger partial charge on any atom is 0.197 e. The number of hydrogen-bond acceptors (Lipinski definition) is 5. The predicted octanol–water partition coefficient (Wildman–Crippen LogP) is 5.98. The Balaban J connectivity index is 1.57. The molecule has 4 aromatic heterocycles. The summed E-state index contributed by atoms with van der Waals surface area (Å²) in [5.74, 6) is 3.80. The smallest absolute Gasteiger partial charge is 0.197 e. The molecule has 1 saturated heterocycles. The number of nitrogens with zero attached hydrogens (tertiary/aromatic N) is 5. The number of rotatable bonds is 6. The number of aromatic amines is 1. The van der Waals surface area contributed by atoms with Crippen LogP contribution in [0.25, 0.3) is 27.8 Å². The molecule has 7 nitrogen and oxygen atoms in total. The van der Waals surface area contributed by atoms with Crippen LogP contribution in [0, 0.1) is 18.8 Å². The van der Waals surface area contributed by atoms with Gasteiger partial charge < -0.3 is 14.6 Å². The van der Waals surface area contributed by atoms with Crippen molar-refractivity contribution in [1.82, 2.24) is 24.6 Å². The van der Waals surface area contributed by atoms with E-state index in [-0.39, 0.29) is 0 Å². The van der Waals surface area contributed by atoms with Crippen LogP contribution in [0.1, 0.15) is 64.0 Å². The molecule has 0 unspecified atom stereocenters. The van der Waals surface area contributed by atoms with Crippen molar-refractivity contribution < 1.29 is 4.74 Å². The fourth-order valence-electron chi connectivity index (χ4n) is 5.72. The van der Waals surface area contributed by atoms with E-state index in [9.17, 15) is 0 Å². The topological polar surface area (TPSA) is 71.3 Å². The summed E-state index contributed by atoms with van der Waals surface area (Å²) in [6, 6.07) is 2.05. The molecule has 5 heterocycles. The molecular weight excluding hydrogens is 424 g/mol. The normalized spacial score (nSPS) is 15.4. The van der Waals surface area contributed by atoms with Crippen LogP contribution in [0.3, 0.4) is 0 Å². The highest BCUT2D eigenvalue weighted by Crippen LogP contribution is 2.40. The Labute approximate surface area is 201 Å². The summed E-state index contributed by atoms with van der Waals surface area (Å²) >= 11 is 0. The number of aryl methyl sites for hydroxylation is 1. The highest BCUT2D eigenvalue weighted by molar-refractivity contribution is 5.95. The maximum absolute atomic E-state index is 5.62. The summed E-state index contributed by atoms with van der Waals surface area (Å²) in [5.41, 5.74) is 6.50. The molecule has 0 saturated carbocycles. The first-order valence-corrected chi connectivity index (χ1v) is 12.5. The van der Waals surface area contributed by atoms with E-state index in [2.05, 4.69) is 54.6 Å². The lowest BCUT2D eigenvalue weighted by molar-refractivity contribution is 0.337. The summed E-state index contributed by atoms with van der Waals surface area (Å²) < 4.78 is 7.40. The van der Waals surface area contributed by atoms with Crippen molar-refractivity contribution in [2.75, 3.05) is 25.1 Å². The highest BCUT2D eigenvalue weighted by Gasteiger charge is 2.25. The predicted molar refractivity (Wildman–Crippen MR) is 138 cm³/mol. The molecule has 5 rings (SSSR count). The molecule has 34 heavy (non-hydrogen) atoms. The Bertz CT molecular complexity index is 1310. The molecule has 0 aliphatic carbocycles. The highest BCUT2D eigenvalue weighted by atomic mass is 16.5. The van der Waals surface area contributed by atoms with E-state index in [1.165, 1.54) is 35.8 Å². The fourth-order valence-corrected chi connectivity index (χ4v) is 5.72. The van der Waals surface area contributed by atoms with Crippen molar-refractivity contribution in [1.29, 1.82) is 0 Å². The average Bonchev–Trinajstić information content (AvgIpc) is 3.44. The number of fused-ring (bicyclic) bond motifs is 2. The lowest BCUT2D eigenvalue weighted by Gasteiger charge is -2.34. The van der Waals surface area contributed by atoms with E-state index >= 15 is 0 Å². The molecule has 1 N–H and O–H groups in total. The molecule has 180 valence electrons. The Morgan fingerprint density at radius 2 is 1.91 bits per heavy atom. The van der Waals surface area contributed by atoms with Crippen LogP contribution in [0.4, 0.5) is 5.82 Å². The fraction of sp³-hybridized carbons (Fsp3) is 0.519. The number of ether oxygens (including phenoxy) is 1. The van der Waals surface area contributed by atoms with Crippen LogP contribution in [-0.4, -0.2) is 44.8 Å². The summed E-state index contributed by atoms with van der Waals surface area (Å²) in [6.45, 7) is 13.6. The van der Waals surface area contributed by atoms with Gasteiger partial charge in [-0.25, -0.2) is 14.5 Å². The van der Waals surface area contributed by atoms with Crippen LogP contribution in [0.15, 0.2) is 24.8 Å². The van der Waals surface area contributed by atoms with Crippen molar-refractivity contribution >= 4 is 22.4 Å². The quantitative estimate of drug-likeness (QED) is 0.383. The van der Waals surface area contributed by atoms with Crippen LogP contribution in [0.5, 0.6) is 5.75 Å². The van der Waals surface area contributed by atoms with Crippen molar-refractivity contribution in [3.05, 3.63) is 35.9 Å². The second-order valence-corrected chi connectivity index (χ2v) is 10.4. The van der Waals surface area contributed by atoms with E-state index in [0.717, 1.165) is 53.2 Å². The molecule has 0 amide bonds. The van der Waals surface area contributed by atoms with Crippen molar-refractivity contribution in [2.45, 2.75) is 59.8 Å². The number of aromatic nitrogens is 5. The van der Waals surface area contributed by atoms with Crippen LogP contribution in [-0.2, 0) is 0 Å². The summed E-state index contributed by atoms with van der Waals surface area (Å²) in [4.78, 5) is 15.4. The first-order chi connectivity index (χ1) is 16.4. The van der Waals surface area contributed by atoms with E-state index in [4.69, 9.17) is 9.72 Å². The number of methoxy groups -OCH3 is 1. The van der Waals surface area contributed by atoms with Gasteiger partial charge in [0.2, 0.25) is 0 Å². The zero-order chi connectivity index (χ0) is 24.0. The van der Waals surface area contributed by atoms with Gasteiger partial charge in [-0.3, -0.25) is 0 Å². The Morgan fingerprint density at radius 1 is 1.15 bits per heavy atom. The minimum absolute atomic E-state index is 0.340. The standard InChI is InChI=1S/C27H36N6O/c1-16(2)11-19-7-9-32(10-8-19)26-18(5)24-21(13-28-26)31-25(23(24)17(3)4)20-12-22(34-6)27-29-15-30-33(27)14-20/h12-17,19,31H,7-11H2,1-6H3. The van der Waals surface area contributed by atoms with Gasteiger partial charge >= 0.3 is 0 Å². The minimum Gasteiger partial charge on any atom is -0.493 e. The Hall–Kier alpha value is -3.09. The van der Waals surface area contributed by atoms with Crippen molar-refractivity contribution in [3.63, 3.8) is 0 Å². The summed E-state index contributed by atoms with van der Waals surface area (Å²) in [5, 5.41) is 5.64. The molecule has 1 fully saturated rings. The summed E-state index contributed by atoms with van der Waals surface area (Å²) in [7, 11) is 1.67.